The van der Waals surface area contributed by atoms with E-state index in [1.54, 1.807) is 4.90 Å². The average Bonchev–Trinajstić information content (AvgIpc) is 3.00. The van der Waals surface area contributed by atoms with Crippen LogP contribution in [0.4, 0.5) is 0 Å². The maximum atomic E-state index is 12.5. The number of primary amides is 1. The van der Waals surface area contributed by atoms with Gasteiger partial charge in [-0.05, 0) is 26.7 Å². The zero-order valence-electron chi connectivity index (χ0n) is 15.6. The number of nitrogens with two attached hydrogens (primary N) is 2. The molecule has 0 aromatic heterocycles. The van der Waals surface area contributed by atoms with Gasteiger partial charge in [-0.1, -0.05) is 0 Å². The smallest absolute Gasteiger partial charge is 0.242 e. The molecule has 27 heavy (non-hydrogen) atoms. The number of amides is 3. The molecule has 1 unspecified atom stereocenters. The van der Waals surface area contributed by atoms with E-state index < -0.39 is 47.0 Å². The summed E-state index contributed by atoms with van der Waals surface area (Å²) in [7, 11) is 0. The van der Waals surface area contributed by atoms with Gasteiger partial charge < -0.3 is 31.9 Å². The summed E-state index contributed by atoms with van der Waals surface area (Å²) in [6.07, 6.45) is -0.529. The number of rotatable bonds is 6. The fourth-order valence-electron chi connectivity index (χ4n) is 3.33. The molecular weight excluding hydrogens is 374 g/mol. The van der Waals surface area contributed by atoms with Gasteiger partial charge in [-0.15, -0.1) is 11.8 Å². The van der Waals surface area contributed by atoms with Gasteiger partial charge in [0.05, 0.1) is 23.1 Å². The second kappa shape index (κ2) is 8.74. The van der Waals surface area contributed by atoms with Gasteiger partial charge >= 0.3 is 0 Å². The third kappa shape index (κ3) is 5.11. The molecule has 2 aliphatic rings. The first-order chi connectivity index (χ1) is 12.6. The van der Waals surface area contributed by atoms with Crippen LogP contribution >= 0.6 is 11.8 Å². The number of hydrogen-bond donors (Lipinski definition) is 6. The maximum Gasteiger partial charge on any atom is 0.242 e. The molecule has 11 heteroatoms. The Morgan fingerprint density at radius 2 is 1.96 bits per heavy atom. The van der Waals surface area contributed by atoms with Crippen LogP contribution in [0.1, 0.15) is 26.7 Å². The topological polar surface area (TPSA) is 171 Å². The summed E-state index contributed by atoms with van der Waals surface area (Å²) in [4.78, 5) is 37.4. The Morgan fingerprint density at radius 3 is 2.52 bits per heavy atom. The molecule has 0 aliphatic carbocycles. The number of nitrogens with zero attached hydrogens (tertiary/aromatic N) is 1. The molecule has 0 bridgehead atoms. The number of likely N-dealkylation sites (tertiary alicyclic amines) is 1. The highest BCUT2D eigenvalue weighted by Gasteiger charge is 2.46. The van der Waals surface area contributed by atoms with E-state index in [-0.39, 0.29) is 5.91 Å². The average molecular weight is 404 g/mol. The number of carbonyl (C=O) groups excluding carboxylic acids is 3. The van der Waals surface area contributed by atoms with Gasteiger partial charge in [-0.25, -0.2) is 0 Å². The van der Waals surface area contributed by atoms with Crippen LogP contribution in [-0.4, -0.2) is 86.9 Å². The second-order valence-corrected chi connectivity index (χ2v) is 8.66. The van der Waals surface area contributed by atoms with Gasteiger partial charge in [-0.3, -0.25) is 19.7 Å². The maximum absolute atomic E-state index is 12.5. The Balaban J connectivity index is 2.00. The molecule has 2 heterocycles. The van der Waals surface area contributed by atoms with Crippen molar-refractivity contribution in [3.63, 3.8) is 0 Å². The third-order valence-electron chi connectivity index (χ3n) is 4.94. The summed E-state index contributed by atoms with van der Waals surface area (Å²) in [6.45, 7) is 3.77. The van der Waals surface area contributed by atoms with Crippen molar-refractivity contribution in [3.8, 4) is 0 Å². The molecule has 10 nitrogen and oxygen atoms in total. The molecule has 2 aliphatic heterocycles. The van der Waals surface area contributed by atoms with Crippen molar-refractivity contribution in [2.45, 2.75) is 61.9 Å². The molecule has 1 spiro atoms. The minimum Gasteiger partial charge on any atom is -0.391 e. The third-order valence-corrected chi connectivity index (χ3v) is 6.44. The first kappa shape index (κ1) is 21.9. The van der Waals surface area contributed by atoms with E-state index in [0.29, 0.717) is 18.8 Å². The summed E-state index contributed by atoms with van der Waals surface area (Å²) >= 11 is 1.54. The first-order valence-electron chi connectivity index (χ1n) is 8.98. The highest BCUT2D eigenvalue weighted by atomic mass is 32.2. The van der Waals surface area contributed by atoms with Gasteiger partial charge in [0.15, 0.2) is 0 Å². The van der Waals surface area contributed by atoms with Crippen molar-refractivity contribution in [2.24, 2.45) is 11.5 Å². The second-order valence-electron chi connectivity index (χ2n) is 7.26. The van der Waals surface area contributed by atoms with Crippen LogP contribution in [0, 0.1) is 0 Å². The zero-order valence-corrected chi connectivity index (χ0v) is 16.4. The van der Waals surface area contributed by atoms with Gasteiger partial charge in [-0.2, -0.15) is 0 Å². The number of aliphatic hydroxyl groups is 2. The Bertz CT molecular complexity index is 590. The molecular formula is C16H29N5O5S. The quantitative estimate of drug-likeness (QED) is 0.274. The molecule has 2 saturated heterocycles. The molecule has 8 N–H and O–H groups in total. The van der Waals surface area contributed by atoms with E-state index in [9.17, 15) is 24.6 Å². The highest BCUT2D eigenvalue weighted by Crippen LogP contribution is 2.38. The Kier molecular flexibility index (Phi) is 7.09. The largest absolute Gasteiger partial charge is 0.391 e. The molecule has 2 fully saturated rings. The predicted octanol–water partition coefficient (Wildman–Crippen LogP) is -2.93. The Morgan fingerprint density at radius 1 is 1.30 bits per heavy atom. The summed E-state index contributed by atoms with van der Waals surface area (Å²) in [5, 5.41) is 24.9. The van der Waals surface area contributed by atoms with Crippen molar-refractivity contribution < 1.29 is 24.6 Å². The van der Waals surface area contributed by atoms with E-state index in [2.05, 4.69) is 10.6 Å². The van der Waals surface area contributed by atoms with Crippen molar-refractivity contribution >= 4 is 29.5 Å². The number of nitrogens with one attached hydrogen (secondary N) is 2. The first-order valence-corrected chi connectivity index (χ1v) is 9.97. The lowest BCUT2D eigenvalue weighted by Crippen LogP contribution is -2.61. The Hall–Kier alpha value is -1.40. The lowest BCUT2D eigenvalue weighted by atomic mass is 10.0. The summed E-state index contributed by atoms with van der Waals surface area (Å²) < 4.78 is 0. The monoisotopic (exact) mass is 403 g/mol. The van der Waals surface area contributed by atoms with Crippen LogP contribution in [0.3, 0.4) is 0 Å². The molecule has 3 amide bonds. The summed E-state index contributed by atoms with van der Waals surface area (Å²) in [6, 6.07) is -2.71. The molecule has 154 valence electrons. The van der Waals surface area contributed by atoms with Crippen LogP contribution in [0.5, 0.6) is 0 Å². The molecule has 0 aromatic carbocycles. The van der Waals surface area contributed by atoms with E-state index >= 15 is 0 Å². The van der Waals surface area contributed by atoms with Gasteiger partial charge in [0.25, 0.3) is 0 Å². The summed E-state index contributed by atoms with van der Waals surface area (Å²) in [5.41, 5.74) is 11.0. The number of carbonyl (C=O) groups is 3. The molecule has 2 rings (SSSR count). The van der Waals surface area contributed by atoms with Gasteiger partial charge in [0.2, 0.25) is 17.7 Å². The lowest BCUT2D eigenvalue weighted by molar-refractivity contribution is -0.136. The van der Waals surface area contributed by atoms with Crippen LogP contribution in [0.25, 0.3) is 0 Å². The number of piperidine rings is 1. The lowest BCUT2D eigenvalue weighted by Gasteiger charge is -2.41. The predicted molar refractivity (Wildman–Crippen MR) is 100 cm³/mol. The van der Waals surface area contributed by atoms with Crippen LogP contribution in [-0.2, 0) is 14.4 Å². The van der Waals surface area contributed by atoms with Gasteiger partial charge in [0.1, 0.15) is 12.1 Å². The van der Waals surface area contributed by atoms with Gasteiger partial charge in [0, 0.05) is 18.8 Å². The number of hydrogen-bond acceptors (Lipinski definition) is 8. The highest BCUT2D eigenvalue weighted by molar-refractivity contribution is 8.01. The van der Waals surface area contributed by atoms with Crippen LogP contribution in [0.15, 0.2) is 0 Å². The zero-order chi connectivity index (χ0) is 20.4. The van der Waals surface area contributed by atoms with E-state index in [0.717, 1.165) is 12.8 Å². The minimum atomic E-state index is -1.16. The van der Waals surface area contributed by atoms with E-state index in [4.69, 9.17) is 11.5 Å². The van der Waals surface area contributed by atoms with E-state index in [1.165, 1.54) is 25.6 Å². The van der Waals surface area contributed by atoms with Crippen molar-refractivity contribution in [1.29, 1.82) is 0 Å². The molecule has 0 radical (unpaired) electrons. The fourth-order valence-corrected chi connectivity index (χ4v) is 4.81. The summed E-state index contributed by atoms with van der Waals surface area (Å²) in [5.74, 6) is -1.09. The van der Waals surface area contributed by atoms with Crippen molar-refractivity contribution in [3.05, 3.63) is 0 Å². The minimum absolute atomic E-state index is 0.317. The number of aliphatic hydroxyl groups excluding tert-OH is 2. The standard InChI is InChI=1S/C16H29N5O5S/c1-8(22)11(17)15(26)21-5-3-4-16(7-21)20-10(6-27-16)14(25)19-12(9(2)23)13(18)24/h8-12,20,22-23H,3-7,17H2,1-2H3,(H2,18,24)(H,19,25)/t8-,9-,10+,11+,12+,16?/m1/s1. The van der Waals surface area contributed by atoms with Crippen LogP contribution < -0.4 is 22.1 Å². The fraction of sp³-hybridized carbons (Fsp3) is 0.812. The Labute approximate surface area is 162 Å². The number of thioether (sulfide) groups is 1. The normalized spacial score (nSPS) is 29.8. The van der Waals surface area contributed by atoms with Crippen LogP contribution in [0.2, 0.25) is 0 Å². The molecule has 0 aromatic rings. The SMILES string of the molecule is C[C@@H](O)[C@H](N)C(=O)N1CCCC2(C1)N[C@H](C(=O)N[C@H](C(N)=O)[C@@H](C)O)CS2. The van der Waals surface area contributed by atoms with E-state index in [1.807, 2.05) is 0 Å². The van der Waals surface area contributed by atoms with Crippen molar-refractivity contribution in [2.75, 3.05) is 18.8 Å². The van der Waals surface area contributed by atoms with Crippen molar-refractivity contribution in [1.82, 2.24) is 15.5 Å². The molecule has 0 saturated carbocycles. The molecule has 6 atom stereocenters.